The van der Waals surface area contributed by atoms with Gasteiger partial charge in [-0.15, -0.1) is 24.0 Å². The van der Waals surface area contributed by atoms with Crippen molar-refractivity contribution in [2.75, 3.05) is 0 Å². The number of thiophene rings is 1. The molecule has 0 amide bonds. The summed E-state index contributed by atoms with van der Waals surface area (Å²) in [6.45, 7) is 0. The van der Waals surface area contributed by atoms with E-state index in [0.717, 1.165) is 27.2 Å². The molecule has 1 nitrogen and oxygen atoms in total. The Hall–Kier alpha value is -0.0600. The van der Waals surface area contributed by atoms with Gasteiger partial charge >= 0.3 is 29.6 Å². The standard InChI is InChI=1S/C11H8OS2.Na.H/c12-6-8-5-11(14-7-8)9-3-1-2-4-10(9)13;;/h1-7,13H;;/q;+1;-1. The van der Waals surface area contributed by atoms with Gasteiger partial charge in [-0.3, -0.25) is 4.79 Å². The Kier molecular flexibility index (Phi) is 5.09. The molecule has 1 aromatic heterocycles. The van der Waals surface area contributed by atoms with E-state index in [1.807, 2.05) is 35.7 Å². The van der Waals surface area contributed by atoms with Crippen LogP contribution in [0.25, 0.3) is 10.4 Å². The van der Waals surface area contributed by atoms with Crippen LogP contribution in [0.4, 0.5) is 0 Å². The summed E-state index contributed by atoms with van der Waals surface area (Å²) in [7, 11) is 0. The normalized spacial score (nSPS) is 9.40. The first-order valence-corrected chi connectivity index (χ1v) is 5.46. The van der Waals surface area contributed by atoms with Gasteiger partial charge in [0, 0.05) is 26.3 Å². The average molecular weight is 244 g/mol. The number of hydrogen-bond donors (Lipinski definition) is 1. The fourth-order valence-electron chi connectivity index (χ4n) is 1.24. The van der Waals surface area contributed by atoms with Gasteiger partial charge in [0.2, 0.25) is 0 Å². The summed E-state index contributed by atoms with van der Waals surface area (Å²) >= 11 is 5.93. The topological polar surface area (TPSA) is 17.1 Å². The van der Waals surface area contributed by atoms with E-state index in [-0.39, 0.29) is 31.0 Å². The van der Waals surface area contributed by atoms with Crippen LogP contribution in [0.3, 0.4) is 0 Å². The minimum absolute atomic E-state index is 0. The molecule has 1 aromatic carbocycles. The van der Waals surface area contributed by atoms with E-state index in [4.69, 9.17) is 0 Å². The third-order valence-corrected chi connectivity index (χ3v) is 3.30. The van der Waals surface area contributed by atoms with Gasteiger partial charge in [-0.25, -0.2) is 0 Å². The molecule has 15 heavy (non-hydrogen) atoms. The minimum Gasteiger partial charge on any atom is -1.00 e. The van der Waals surface area contributed by atoms with Crippen molar-refractivity contribution in [1.29, 1.82) is 0 Å². The van der Waals surface area contributed by atoms with Gasteiger partial charge in [-0.2, -0.15) is 0 Å². The second kappa shape index (κ2) is 5.87. The van der Waals surface area contributed by atoms with Gasteiger partial charge in [-0.05, 0) is 12.1 Å². The largest absolute Gasteiger partial charge is 1.00 e. The summed E-state index contributed by atoms with van der Waals surface area (Å²) in [6.07, 6.45) is 0.862. The Morgan fingerprint density at radius 2 is 2.07 bits per heavy atom. The maximum absolute atomic E-state index is 10.5. The summed E-state index contributed by atoms with van der Waals surface area (Å²) in [5, 5.41) is 1.85. The van der Waals surface area contributed by atoms with Crippen LogP contribution in [-0.4, -0.2) is 6.29 Å². The van der Waals surface area contributed by atoms with Crippen molar-refractivity contribution >= 4 is 30.3 Å². The Bertz CT molecular complexity index is 471. The number of hydrogen-bond acceptors (Lipinski definition) is 3. The third kappa shape index (κ3) is 2.95. The number of rotatable bonds is 2. The summed E-state index contributed by atoms with van der Waals surface area (Å²) in [4.78, 5) is 12.5. The van der Waals surface area contributed by atoms with Gasteiger partial charge < -0.3 is 1.43 Å². The Balaban J connectivity index is 0.00000112. The van der Waals surface area contributed by atoms with Crippen molar-refractivity contribution in [3.05, 3.63) is 41.3 Å². The molecule has 72 valence electrons. The molecule has 0 atom stereocenters. The minimum atomic E-state index is 0. The molecule has 0 N–H and O–H groups in total. The molecule has 0 unspecified atom stereocenters. The van der Waals surface area contributed by atoms with Crippen molar-refractivity contribution in [3.63, 3.8) is 0 Å². The summed E-state index contributed by atoms with van der Waals surface area (Å²) in [6, 6.07) is 9.74. The van der Waals surface area contributed by atoms with Crippen LogP contribution in [0.1, 0.15) is 11.8 Å². The first-order chi connectivity index (χ1) is 6.81. The third-order valence-electron chi connectivity index (χ3n) is 1.93. The molecule has 0 aliphatic heterocycles. The molecular formula is C11H9NaOS2. The summed E-state index contributed by atoms with van der Waals surface area (Å²) in [5.41, 5.74) is 1.80. The number of carbonyl (C=O) groups excluding carboxylic acids is 1. The van der Waals surface area contributed by atoms with Gasteiger partial charge in [-0.1, -0.05) is 18.2 Å². The first kappa shape index (κ1) is 13.0. The van der Waals surface area contributed by atoms with E-state index < -0.39 is 0 Å². The zero-order valence-electron chi connectivity index (χ0n) is 9.31. The average Bonchev–Trinajstić information content (AvgIpc) is 2.67. The van der Waals surface area contributed by atoms with E-state index in [2.05, 4.69) is 12.6 Å². The first-order valence-electron chi connectivity index (χ1n) is 4.13. The molecule has 0 radical (unpaired) electrons. The number of benzene rings is 1. The molecule has 4 heteroatoms. The van der Waals surface area contributed by atoms with Gasteiger partial charge in [0.15, 0.2) is 6.29 Å². The van der Waals surface area contributed by atoms with Crippen LogP contribution in [0.5, 0.6) is 0 Å². The van der Waals surface area contributed by atoms with E-state index in [0.29, 0.717) is 0 Å². The summed E-state index contributed by atoms with van der Waals surface area (Å²) < 4.78 is 0. The maximum atomic E-state index is 10.5. The quantitative estimate of drug-likeness (QED) is 0.466. The molecule has 0 aliphatic carbocycles. The molecule has 1 heterocycles. The molecule has 0 fully saturated rings. The monoisotopic (exact) mass is 244 g/mol. The zero-order chi connectivity index (χ0) is 9.97. The van der Waals surface area contributed by atoms with E-state index in [1.165, 1.54) is 0 Å². The van der Waals surface area contributed by atoms with Crippen LogP contribution in [0.15, 0.2) is 40.6 Å². The van der Waals surface area contributed by atoms with Crippen molar-refractivity contribution in [1.82, 2.24) is 0 Å². The smallest absolute Gasteiger partial charge is 1.00 e. The van der Waals surface area contributed by atoms with E-state index >= 15 is 0 Å². The number of aldehydes is 1. The second-order valence-corrected chi connectivity index (χ2v) is 4.27. The van der Waals surface area contributed by atoms with E-state index in [1.54, 1.807) is 11.3 Å². The summed E-state index contributed by atoms with van der Waals surface area (Å²) in [5.74, 6) is 0. The van der Waals surface area contributed by atoms with Crippen molar-refractivity contribution in [2.45, 2.75) is 4.90 Å². The molecular weight excluding hydrogens is 235 g/mol. The molecule has 0 saturated carbocycles. The number of thiol groups is 1. The van der Waals surface area contributed by atoms with Crippen LogP contribution in [0, 0.1) is 0 Å². The molecule has 0 spiro atoms. The fraction of sp³-hybridized carbons (Fsp3) is 0. The molecule has 2 rings (SSSR count). The van der Waals surface area contributed by atoms with Crippen molar-refractivity contribution < 1.29 is 35.8 Å². The van der Waals surface area contributed by atoms with Crippen LogP contribution in [-0.2, 0) is 0 Å². The predicted octanol–water partition coefficient (Wildman–Crippen LogP) is 0.633. The Labute approximate surface area is 122 Å². The van der Waals surface area contributed by atoms with Crippen LogP contribution < -0.4 is 29.6 Å². The fourth-order valence-corrected chi connectivity index (χ4v) is 2.49. The zero-order valence-corrected chi connectivity index (χ0v) is 12.0. The van der Waals surface area contributed by atoms with Gasteiger partial charge in [0.05, 0.1) is 0 Å². The van der Waals surface area contributed by atoms with Crippen LogP contribution >= 0.6 is 24.0 Å². The van der Waals surface area contributed by atoms with Crippen molar-refractivity contribution in [2.24, 2.45) is 0 Å². The van der Waals surface area contributed by atoms with Gasteiger partial charge in [0.25, 0.3) is 0 Å². The molecule has 0 aliphatic rings. The van der Waals surface area contributed by atoms with Crippen molar-refractivity contribution in [3.8, 4) is 10.4 Å². The van der Waals surface area contributed by atoms with Crippen LogP contribution in [0.2, 0.25) is 0 Å². The Morgan fingerprint density at radius 1 is 1.33 bits per heavy atom. The molecule has 0 bridgehead atoms. The number of carbonyl (C=O) groups is 1. The second-order valence-electron chi connectivity index (χ2n) is 2.88. The molecule has 2 aromatic rings. The molecule has 0 saturated heterocycles. The maximum Gasteiger partial charge on any atom is 1.00 e. The SMILES string of the molecule is O=Cc1csc(-c2ccccc2S)c1.[H-].[Na+]. The van der Waals surface area contributed by atoms with Gasteiger partial charge in [0.1, 0.15) is 0 Å². The predicted molar refractivity (Wildman–Crippen MR) is 63.5 cm³/mol. The Morgan fingerprint density at radius 3 is 2.67 bits per heavy atom. The van der Waals surface area contributed by atoms with E-state index in [9.17, 15) is 4.79 Å².